The molecular weight excluding hydrogens is 310 g/mol. The Labute approximate surface area is 139 Å². The van der Waals surface area contributed by atoms with Gasteiger partial charge in [0.05, 0.1) is 7.11 Å². The summed E-state index contributed by atoms with van der Waals surface area (Å²) in [4.78, 5) is 38.5. The minimum atomic E-state index is -0.790. The highest BCUT2D eigenvalue weighted by Crippen LogP contribution is 2.19. The van der Waals surface area contributed by atoms with Crippen molar-refractivity contribution in [2.75, 3.05) is 7.11 Å². The average molecular weight is 331 g/mol. The van der Waals surface area contributed by atoms with Crippen LogP contribution in [0.5, 0.6) is 0 Å². The van der Waals surface area contributed by atoms with Gasteiger partial charge >= 0.3 is 5.97 Å². The van der Waals surface area contributed by atoms with E-state index in [-0.39, 0.29) is 5.91 Å². The zero-order chi connectivity index (χ0) is 17.7. The van der Waals surface area contributed by atoms with Gasteiger partial charge in [0.1, 0.15) is 12.1 Å². The molecule has 0 spiro atoms. The number of aromatic amines is 1. The average Bonchev–Trinajstić information content (AvgIpc) is 2.96. The van der Waals surface area contributed by atoms with E-state index in [9.17, 15) is 14.4 Å². The molecular formula is C17H21N3O4. The molecule has 2 rings (SSSR count). The number of para-hydroxylation sites is 1. The number of hydrogen-bond donors (Lipinski definition) is 3. The number of nitrogens with one attached hydrogen (secondary N) is 3. The summed E-state index contributed by atoms with van der Waals surface area (Å²) < 4.78 is 4.59. The lowest BCUT2D eigenvalue weighted by atomic mass is 10.0. The minimum Gasteiger partial charge on any atom is -0.467 e. The van der Waals surface area contributed by atoms with E-state index in [1.165, 1.54) is 21.0 Å². The van der Waals surface area contributed by atoms with Gasteiger partial charge in [0.25, 0.3) is 0 Å². The highest BCUT2D eigenvalue weighted by atomic mass is 16.5. The largest absolute Gasteiger partial charge is 0.467 e. The maximum atomic E-state index is 12.4. The molecule has 0 bridgehead atoms. The maximum absolute atomic E-state index is 12.4. The van der Waals surface area contributed by atoms with Crippen molar-refractivity contribution in [3.05, 3.63) is 36.0 Å². The third-order valence-electron chi connectivity index (χ3n) is 3.71. The SMILES string of the molecule is COC(=O)[C@H](C)NC(=O)[C@@H](Cc1c[nH]c2ccccc12)NC(C)=O. The standard InChI is InChI=1S/C17H21N3O4/c1-10(17(23)24-3)19-16(22)15(20-11(2)21)8-12-9-18-14-7-5-4-6-13(12)14/h4-7,9-10,15,18H,8H2,1-3H3,(H,19,22)(H,20,21)/t10-,15+/m0/s1. The molecule has 128 valence electrons. The fourth-order valence-electron chi connectivity index (χ4n) is 2.52. The molecule has 2 amide bonds. The van der Waals surface area contributed by atoms with Crippen molar-refractivity contribution >= 4 is 28.7 Å². The monoisotopic (exact) mass is 331 g/mol. The number of fused-ring (bicyclic) bond motifs is 1. The predicted octanol–water partition coefficient (Wildman–Crippen LogP) is 0.893. The van der Waals surface area contributed by atoms with Gasteiger partial charge in [-0.05, 0) is 18.6 Å². The molecule has 0 radical (unpaired) electrons. The summed E-state index contributed by atoms with van der Waals surface area (Å²) in [6, 6.07) is 6.13. The van der Waals surface area contributed by atoms with E-state index < -0.39 is 24.0 Å². The van der Waals surface area contributed by atoms with E-state index in [1.54, 1.807) is 0 Å². The van der Waals surface area contributed by atoms with Crippen LogP contribution in [0.15, 0.2) is 30.5 Å². The van der Waals surface area contributed by atoms with E-state index in [1.807, 2.05) is 30.5 Å². The molecule has 0 unspecified atom stereocenters. The summed E-state index contributed by atoms with van der Waals surface area (Å²) in [6.45, 7) is 2.87. The van der Waals surface area contributed by atoms with Gasteiger partial charge in [-0.3, -0.25) is 9.59 Å². The first kappa shape index (κ1) is 17.5. The Morgan fingerprint density at radius 2 is 1.92 bits per heavy atom. The molecule has 0 aliphatic rings. The van der Waals surface area contributed by atoms with Crippen LogP contribution >= 0.6 is 0 Å². The topological polar surface area (TPSA) is 100 Å². The molecule has 3 N–H and O–H groups in total. The number of carbonyl (C=O) groups excluding carboxylic acids is 3. The number of aromatic nitrogens is 1. The van der Waals surface area contributed by atoms with Crippen molar-refractivity contribution in [1.29, 1.82) is 0 Å². The van der Waals surface area contributed by atoms with Crippen LogP contribution in [0.25, 0.3) is 10.9 Å². The molecule has 0 saturated heterocycles. The van der Waals surface area contributed by atoms with Crippen molar-refractivity contribution in [3.8, 4) is 0 Å². The molecule has 0 aliphatic heterocycles. The van der Waals surface area contributed by atoms with Crippen molar-refractivity contribution < 1.29 is 19.1 Å². The molecule has 24 heavy (non-hydrogen) atoms. The Morgan fingerprint density at radius 3 is 2.58 bits per heavy atom. The molecule has 2 aromatic rings. The van der Waals surface area contributed by atoms with Gasteiger partial charge < -0.3 is 20.4 Å². The Hall–Kier alpha value is -2.83. The molecule has 1 heterocycles. The third-order valence-corrected chi connectivity index (χ3v) is 3.71. The van der Waals surface area contributed by atoms with Gasteiger partial charge in [0.15, 0.2) is 0 Å². The highest BCUT2D eigenvalue weighted by Gasteiger charge is 2.25. The third kappa shape index (κ3) is 4.13. The van der Waals surface area contributed by atoms with Crippen LogP contribution in [0, 0.1) is 0 Å². The molecule has 0 saturated carbocycles. The normalized spacial score (nSPS) is 13.1. The fourth-order valence-corrected chi connectivity index (χ4v) is 2.52. The van der Waals surface area contributed by atoms with Crippen LogP contribution in [0.1, 0.15) is 19.4 Å². The van der Waals surface area contributed by atoms with Crippen molar-refractivity contribution in [2.24, 2.45) is 0 Å². The van der Waals surface area contributed by atoms with E-state index in [4.69, 9.17) is 0 Å². The van der Waals surface area contributed by atoms with E-state index in [0.717, 1.165) is 16.5 Å². The number of benzene rings is 1. The van der Waals surface area contributed by atoms with Crippen LogP contribution in [-0.4, -0.2) is 42.0 Å². The number of H-pyrrole nitrogens is 1. The summed E-state index contributed by atoms with van der Waals surface area (Å²) in [5.74, 6) is -1.30. The minimum absolute atomic E-state index is 0.309. The first-order valence-electron chi connectivity index (χ1n) is 7.62. The number of ether oxygens (including phenoxy) is 1. The molecule has 7 nitrogen and oxygen atoms in total. The van der Waals surface area contributed by atoms with Gasteiger partial charge in [-0.2, -0.15) is 0 Å². The second kappa shape index (κ2) is 7.63. The van der Waals surface area contributed by atoms with E-state index in [2.05, 4.69) is 20.4 Å². The summed E-state index contributed by atoms with van der Waals surface area (Å²) in [6.07, 6.45) is 2.12. The molecule has 2 atom stereocenters. The Morgan fingerprint density at radius 1 is 1.21 bits per heavy atom. The van der Waals surface area contributed by atoms with Crippen LogP contribution in [0.4, 0.5) is 0 Å². The number of methoxy groups -OCH3 is 1. The first-order valence-corrected chi connectivity index (χ1v) is 7.62. The smallest absolute Gasteiger partial charge is 0.328 e. The van der Waals surface area contributed by atoms with Crippen LogP contribution in [-0.2, 0) is 25.5 Å². The van der Waals surface area contributed by atoms with Gasteiger partial charge in [-0.25, -0.2) is 4.79 Å². The predicted molar refractivity (Wildman–Crippen MR) is 89.2 cm³/mol. The Kier molecular flexibility index (Phi) is 5.57. The van der Waals surface area contributed by atoms with Gasteiger partial charge in [-0.1, -0.05) is 18.2 Å². The number of amides is 2. The zero-order valence-electron chi connectivity index (χ0n) is 13.9. The first-order chi connectivity index (χ1) is 11.4. The molecule has 0 aliphatic carbocycles. The summed E-state index contributed by atoms with van der Waals surface area (Å²) in [7, 11) is 1.25. The molecule has 1 aromatic carbocycles. The zero-order valence-corrected chi connectivity index (χ0v) is 13.9. The number of carbonyl (C=O) groups is 3. The van der Waals surface area contributed by atoms with Crippen LogP contribution in [0.3, 0.4) is 0 Å². The van der Waals surface area contributed by atoms with Gasteiger partial charge in [-0.15, -0.1) is 0 Å². The van der Waals surface area contributed by atoms with Crippen molar-refractivity contribution in [1.82, 2.24) is 15.6 Å². The summed E-state index contributed by atoms with van der Waals surface area (Å²) >= 11 is 0. The lowest BCUT2D eigenvalue weighted by Crippen LogP contribution is -2.51. The van der Waals surface area contributed by atoms with Crippen LogP contribution in [0.2, 0.25) is 0 Å². The quantitative estimate of drug-likeness (QED) is 0.685. The Balaban J connectivity index is 2.17. The number of hydrogen-bond acceptors (Lipinski definition) is 4. The fraction of sp³-hybridized carbons (Fsp3) is 0.353. The Bertz CT molecular complexity index is 753. The molecule has 7 heteroatoms. The molecule has 1 aromatic heterocycles. The van der Waals surface area contributed by atoms with Crippen LogP contribution < -0.4 is 10.6 Å². The van der Waals surface area contributed by atoms with Gasteiger partial charge in [0, 0.05) is 30.4 Å². The van der Waals surface area contributed by atoms with E-state index in [0.29, 0.717) is 6.42 Å². The maximum Gasteiger partial charge on any atom is 0.328 e. The second-order valence-corrected chi connectivity index (χ2v) is 5.57. The van der Waals surface area contributed by atoms with Crippen molar-refractivity contribution in [3.63, 3.8) is 0 Å². The van der Waals surface area contributed by atoms with Gasteiger partial charge in [0.2, 0.25) is 11.8 Å². The second-order valence-electron chi connectivity index (χ2n) is 5.57. The van der Waals surface area contributed by atoms with Crippen molar-refractivity contribution in [2.45, 2.75) is 32.4 Å². The number of esters is 1. The lowest BCUT2D eigenvalue weighted by molar-refractivity contribution is -0.144. The van der Waals surface area contributed by atoms with E-state index >= 15 is 0 Å². The number of rotatable bonds is 6. The lowest BCUT2D eigenvalue weighted by Gasteiger charge is -2.19. The highest BCUT2D eigenvalue weighted by molar-refractivity contribution is 5.91. The summed E-state index contributed by atoms with van der Waals surface area (Å²) in [5, 5.41) is 6.17. The molecule has 0 fully saturated rings. The summed E-state index contributed by atoms with van der Waals surface area (Å²) in [5.41, 5.74) is 1.86.